The summed E-state index contributed by atoms with van der Waals surface area (Å²) in [6.07, 6.45) is 4.87. The maximum absolute atomic E-state index is 11.0. The first-order valence-corrected chi connectivity index (χ1v) is 6.46. The Morgan fingerprint density at radius 2 is 2.06 bits per heavy atom. The molecule has 0 radical (unpaired) electrons. The Morgan fingerprint density at radius 1 is 1.39 bits per heavy atom. The SMILES string of the molecule is CCCCCC(CN=C(N)N)C[C@H](NC)C(=O)O. The minimum atomic E-state index is -0.831. The van der Waals surface area contributed by atoms with Crippen molar-refractivity contribution in [2.24, 2.45) is 22.4 Å². The third kappa shape index (κ3) is 7.89. The van der Waals surface area contributed by atoms with Crippen LogP contribution >= 0.6 is 0 Å². The number of likely N-dealkylation sites (N-methyl/N-ethyl adjacent to an activating group) is 1. The average molecular weight is 258 g/mol. The van der Waals surface area contributed by atoms with E-state index in [1.165, 1.54) is 0 Å². The van der Waals surface area contributed by atoms with Gasteiger partial charge in [-0.3, -0.25) is 9.79 Å². The van der Waals surface area contributed by atoms with Crippen LogP contribution in [-0.2, 0) is 4.79 Å². The van der Waals surface area contributed by atoms with Gasteiger partial charge in [0.2, 0.25) is 0 Å². The van der Waals surface area contributed by atoms with Crippen molar-refractivity contribution in [3.8, 4) is 0 Å². The van der Waals surface area contributed by atoms with E-state index in [1.54, 1.807) is 7.05 Å². The Balaban J connectivity index is 4.34. The Kier molecular flexibility index (Phi) is 9.00. The molecule has 2 atom stereocenters. The normalized spacial score (nSPS) is 13.9. The lowest BCUT2D eigenvalue weighted by Crippen LogP contribution is -2.36. The summed E-state index contributed by atoms with van der Waals surface area (Å²) in [5.74, 6) is -0.568. The maximum Gasteiger partial charge on any atom is 0.320 e. The van der Waals surface area contributed by atoms with E-state index in [2.05, 4.69) is 17.2 Å². The molecule has 0 aromatic rings. The number of carbonyl (C=O) groups is 1. The van der Waals surface area contributed by atoms with Crippen molar-refractivity contribution in [3.05, 3.63) is 0 Å². The summed E-state index contributed by atoms with van der Waals surface area (Å²) in [5.41, 5.74) is 10.6. The smallest absolute Gasteiger partial charge is 0.320 e. The number of unbranched alkanes of at least 4 members (excludes halogenated alkanes) is 2. The zero-order valence-corrected chi connectivity index (χ0v) is 11.4. The van der Waals surface area contributed by atoms with Gasteiger partial charge in [-0.2, -0.15) is 0 Å². The highest BCUT2D eigenvalue weighted by molar-refractivity contribution is 5.75. The number of aliphatic carboxylic acids is 1. The number of hydrogen-bond donors (Lipinski definition) is 4. The molecule has 0 rings (SSSR count). The maximum atomic E-state index is 11.0. The summed E-state index contributed by atoms with van der Waals surface area (Å²) in [4.78, 5) is 15.0. The van der Waals surface area contributed by atoms with E-state index in [0.29, 0.717) is 13.0 Å². The average Bonchev–Trinajstić information content (AvgIpc) is 2.31. The summed E-state index contributed by atoms with van der Waals surface area (Å²) in [7, 11) is 1.66. The molecule has 0 amide bonds. The van der Waals surface area contributed by atoms with E-state index in [4.69, 9.17) is 16.6 Å². The van der Waals surface area contributed by atoms with E-state index in [0.717, 1.165) is 25.7 Å². The highest BCUT2D eigenvalue weighted by Gasteiger charge is 2.20. The monoisotopic (exact) mass is 258 g/mol. The van der Waals surface area contributed by atoms with Gasteiger partial charge in [0.25, 0.3) is 0 Å². The second-order valence-electron chi connectivity index (χ2n) is 4.54. The summed E-state index contributed by atoms with van der Waals surface area (Å²) < 4.78 is 0. The van der Waals surface area contributed by atoms with E-state index >= 15 is 0 Å². The fourth-order valence-corrected chi connectivity index (χ4v) is 1.88. The van der Waals surface area contributed by atoms with Gasteiger partial charge in [0, 0.05) is 6.54 Å². The summed E-state index contributed by atoms with van der Waals surface area (Å²) >= 11 is 0. The van der Waals surface area contributed by atoms with Crippen molar-refractivity contribution in [2.75, 3.05) is 13.6 Å². The zero-order valence-electron chi connectivity index (χ0n) is 11.4. The molecule has 106 valence electrons. The second-order valence-corrected chi connectivity index (χ2v) is 4.54. The van der Waals surface area contributed by atoms with Gasteiger partial charge in [-0.25, -0.2) is 0 Å². The third-order valence-electron chi connectivity index (χ3n) is 2.96. The molecule has 0 saturated carbocycles. The topological polar surface area (TPSA) is 114 Å². The molecular formula is C12H26N4O2. The number of aliphatic imine (C=N–C) groups is 1. The van der Waals surface area contributed by atoms with Gasteiger partial charge in [0.15, 0.2) is 5.96 Å². The van der Waals surface area contributed by atoms with Crippen LogP contribution in [0.3, 0.4) is 0 Å². The van der Waals surface area contributed by atoms with E-state index in [-0.39, 0.29) is 11.9 Å². The zero-order chi connectivity index (χ0) is 14.0. The molecule has 0 aromatic carbocycles. The summed E-state index contributed by atoms with van der Waals surface area (Å²) in [5, 5.41) is 11.8. The first-order chi connectivity index (χ1) is 8.51. The van der Waals surface area contributed by atoms with E-state index < -0.39 is 12.0 Å². The van der Waals surface area contributed by atoms with Gasteiger partial charge in [0.05, 0.1) is 0 Å². The van der Waals surface area contributed by atoms with Crippen molar-refractivity contribution < 1.29 is 9.90 Å². The van der Waals surface area contributed by atoms with Gasteiger partial charge in [-0.05, 0) is 25.8 Å². The van der Waals surface area contributed by atoms with Gasteiger partial charge in [0.1, 0.15) is 6.04 Å². The van der Waals surface area contributed by atoms with Crippen molar-refractivity contribution >= 4 is 11.9 Å². The van der Waals surface area contributed by atoms with Crippen LogP contribution in [0.15, 0.2) is 4.99 Å². The second kappa shape index (κ2) is 9.70. The fourth-order valence-electron chi connectivity index (χ4n) is 1.88. The quantitative estimate of drug-likeness (QED) is 0.259. The van der Waals surface area contributed by atoms with Crippen molar-refractivity contribution in [1.82, 2.24) is 5.32 Å². The minimum Gasteiger partial charge on any atom is -0.480 e. The van der Waals surface area contributed by atoms with Crippen LogP contribution in [0.2, 0.25) is 0 Å². The number of hydrogen-bond acceptors (Lipinski definition) is 3. The molecule has 0 bridgehead atoms. The molecular weight excluding hydrogens is 232 g/mol. The predicted molar refractivity (Wildman–Crippen MR) is 73.4 cm³/mol. The molecule has 0 aliphatic carbocycles. The molecule has 6 N–H and O–H groups in total. The molecule has 1 unspecified atom stereocenters. The molecule has 6 heteroatoms. The number of nitrogens with zero attached hydrogens (tertiary/aromatic N) is 1. The molecule has 0 fully saturated rings. The Hall–Kier alpha value is -1.30. The van der Waals surface area contributed by atoms with Gasteiger partial charge in [-0.1, -0.05) is 26.2 Å². The van der Waals surface area contributed by atoms with Crippen LogP contribution in [0.4, 0.5) is 0 Å². The first-order valence-electron chi connectivity index (χ1n) is 6.46. The van der Waals surface area contributed by atoms with Crippen LogP contribution in [0.1, 0.15) is 39.0 Å². The van der Waals surface area contributed by atoms with Crippen molar-refractivity contribution in [3.63, 3.8) is 0 Å². The summed E-state index contributed by atoms with van der Waals surface area (Å²) in [6, 6.07) is -0.536. The molecule has 6 nitrogen and oxygen atoms in total. The highest BCUT2D eigenvalue weighted by Crippen LogP contribution is 2.16. The predicted octanol–water partition coefficient (Wildman–Crippen LogP) is 0.519. The number of nitrogens with one attached hydrogen (secondary N) is 1. The van der Waals surface area contributed by atoms with Crippen LogP contribution in [0.5, 0.6) is 0 Å². The van der Waals surface area contributed by atoms with Crippen LogP contribution in [-0.4, -0.2) is 36.7 Å². The van der Waals surface area contributed by atoms with Crippen molar-refractivity contribution in [2.45, 2.75) is 45.1 Å². The van der Waals surface area contributed by atoms with Gasteiger partial charge >= 0.3 is 5.97 Å². The molecule has 0 aliphatic rings. The molecule has 0 spiro atoms. The van der Waals surface area contributed by atoms with Gasteiger partial charge in [-0.15, -0.1) is 0 Å². The number of carboxylic acids is 1. The van der Waals surface area contributed by atoms with E-state index in [1.807, 2.05) is 0 Å². The number of guanidine groups is 1. The highest BCUT2D eigenvalue weighted by atomic mass is 16.4. The molecule has 0 heterocycles. The van der Waals surface area contributed by atoms with E-state index in [9.17, 15) is 4.79 Å². The standard InChI is InChI=1S/C12H26N4O2/c1-3-4-5-6-9(8-16-12(13)14)7-10(15-2)11(17)18/h9-10,15H,3-8H2,1-2H3,(H,17,18)(H4,13,14,16)/t9?,10-/m0/s1. The first kappa shape index (κ1) is 16.7. The Morgan fingerprint density at radius 3 is 2.50 bits per heavy atom. The molecule has 0 aromatic heterocycles. The Labute approximate surface area is 109 Å². The van der Waals surface area contributed by atoms with Gasteiger partial charge < -0.3 is 21.9 Å². The largest absolute Gasteiger partial charge is 0.480 e. The molecule has 0 saturated heterocycles. The minimum absolute atomic E-state index is 0.0619. The lowest BCUT2D eigenvalue weighted by atomic mass is 9.94. The lowest BCUT2D eigenvalue weighted by Gasteiger charge is -2.19. The summed E-state index contributed by atoms with van der Waals surface area (Å²) in [6.45, 7) is 2.64. The fraction of sp³-hybridized carbons (Fsp3) is 0.833. The number of rotatable bonds is 10. The van der Waals surface area contributed by atoms with Crippen LogP contribution < -0.4 is 16.8 Å². The van der Waals surface area contributed by atoms with Crippen molar-refractivity contribution in [1.29, 1.82) is 0 Å². The molecule has 18 heavy (non-hydrogen) atoms. The Bertz CT molecular complexity index is 265. The third-order valence-corrected chi connectivity index (χ3v) is 2.96. The molecule has 0 aliphatic heterocycles. The number of carboxylic acid groups (broad SMARTS) is 1. The lowest BCUT2D eigenvalue weighted by molar-refractivity contribution is -0.139. The van der Waals surface area contributed by atoms with Crippen LogP contribution in [0, 0.1) is 5.92 Å². The number of nitrogens with two attached hydrogens (primary N) is 2. The van der Waals surface area contributed by atoms with Crippen LogP contribution in [0.25, 0.3) is 0 Å².